The predicted octanol–water partition coefficient (Wildman–Crippen LogP) is 1.72. The van der Waals surface area contributed by atoms with Gasteiger partial charge in [-0.2, -0.15) is 0 Å². The molecule has 1 heterocycles. The van der Waals surface area contributed by atoms with Gasteiger partial charge < -0.3 is 10.5 Å². The van der Waals surface area contributed by atoms with E-state index in [4.69, 9.17) is 5.73 Å². The molecule has 0 aromatic heterocycles. The van der Waals surface area contributed by atoms with E-state index in [0.717, 1.165) is 13.0 Å². The standard InChI is InChI=1S/C8H18N2.C2H6O.CH4/c1-7(2)10-5-4-8(3,9)6-10;1-3-2;/h7H,4-6,9H2,1-3H3;1-2H3;1H4/t8-;;/m1../s1. The number of hydrogen-bond acceptors (Lipinski definition) is 3. The Hall–Kier alpha value is -0.120. The third-order valence-electron chi connectivity index (χ3n) is 2.26. The summed E-state index contributed by atoms with van der Waals surface area (Å²) < 4.78 is 4.25. The van der Waals surface area contributed by atoms with Gasteiger partial charge in [-0.3, -0.25) is 4.90 Å². The summed E-state index contributed by atoms with van der Waals surface area (Å²) in [6.07, 6.45) is 1.14. The molecule has 0 aromatic carbocycles. The van der Waals surface area contributed by atoms with E-state index < -0.39 is 0 Å². The van der Waals surface area contributed by atoms with Gasteiger partial charge in [0.1, 0.15) is 0 Å². The first kappa shape index (κ1) is 16.3. The molecule has 0 spiro atoms. The maximum absolute atomic E-state index is 5.96. The van der Waals surface area contributed by atoms with Gasteiger partial charge in [0.2, 0.25) is 0 Å². The number of hydrogen-bond donors (Lipinski definition) is 1. The van der Waals surface area contributed by atoms with Crippen LogP contribution in [0.3, 0.4) is 0 Å². The van der Waals surface area contributed by atoms with Gasteiger partial charge in [0.25, 0.3) is 0 Å². The third-order valence-corrected chi connectivity index (χ3v) is 2.26. The fraction of sp³-hybridized carbons (Fsp3) is 1.00. The highest BCUT2D eigenvalue weighted by atomic mass is 16.4. The summed E-state index contributed by atoms with van der Waals surface area (Å²) in [6, 6.07) is 0.658. The lowest BCUT2D eigenvalue weighted by atomic mass is 10.0. The first-order valence-corrected chi connectivity index (χ1v) is 4.86. The number of rotatable bonds is 1. The SMILES string of the molecule is C.CC(C)N1CC[C@@](C)(N)C1.COC. The van der Waals surface area contributed by atoms with Crippen LogP contribution in [0.25, 0.3) is 0 Å². The first-order chi connectivity index (χ1) is 5.93. The van der Waals surface area contributed by atoms with Gasteiger partial charge in [-0.15, -0.1) is 0 Å². The minimum absolute atomic E-state index is 0. The van der Waals surface area contributed by atoms with Crippen LogP contribution in [0.15, 0.2) is 0 Å². The second kappa shape index (κ2) is 7.21. The smallest absolute Gasteiger partial charge is 0.0351 e. The Kier molecular flexibility index (Phi) is 8.40. The zero-order valence-electron chi connectivity index (χ0n) is 9.63. The Morgan fingerprint density at radius 1 is 1.36 bits per heavy atom. The third kappa shape index (κ3) is 6.35. The molecule has 1 atom stereocenters. The molecule has 2 N–H and O–H groups in total. The molecule has 0 radical (unpaired) electrons. The normalized spacial score (nSPS) is 26.8. The van der Waals surface area contributed by atoms with Crippen LogP contribution in [0.4, 0.5) is 0 Å². The summed E-state index contributed by atoms with van der Waals surface area (Å²) in [5.74, 6) is 0. The largest absolute Gasteiger partial charge is 0.388 e. The van der Waals surface area contributed by atoms with E-state index in [-0.39, 0.29) is 13.0 Å². The van der Waals surface area contributed by atoms with Gasteiger partial charge in [0.05, 0.1) is 0 Å². The van der Waals surface area contributed by atoms with Crippen molar-refractivity contribution in [3.05, 3.63) is 0 Å². The van der Waals surface area contributed by atoms with Crippen LogP contribution < -0.4 is 5.73 Å². The highest BCUT2D eigenvalue weighted by Gasteiger charge is 2.30. The van der Waals surface area contributed by atoms with Gasteiger partial charge >= 0.3 is 0 Å². The number of nitrogens with zero attached hydrogens (tertiary/aromatic N) is 1. The van der Waals surface area contributed by atoms with Crippen LogP contribution >= 0.6 is 0 Å². The van der Waals surface area contributed by atoms with Crippen molar-refractivity contribution < 1.29 is 4.74 Å². The highest BCUT2D eigenvalue weighted by molar-refractivity contribution is 4.91. The van der Waals surface area contributed by atoms with Crippen molar-refractivity contribution in [2.75, 3.05) is 27.3 Å². The van der Waals surface area contributed by atoms with Crippen molar-refractivity contribution in [2.24, 2.45) is 5.73 Å². The zero-order valence-corrected chi connectivity index (χ0v) is 9.63. The van der Waals surface area contributed by atoms with Crippen molar-refractivity contribution in [3.8, 4) is 0 Å². The van der Waals surface area contributed by atoms with Crippen molar-refractivity contribution in [1.29, 1.82) is 0 Å². The van der Waals surface area contributed by atoms with E-state index >= 15 is 0 Å². The predicted molar refractivity (Wildman–Crippen MR) is 63.6 cm³/mol. The molecule has 0 unspecified atom stereocenters. The van der Waals surface area contributed by atoms with E-state index in [1.165, 1.54) is 6.54 Å². The Morgan fingerprint density at radius 3 is 1.93 bits per heavy atom. The molecular weight excluding hydrogens is 176 g/mol. The van der Waals surface area contributed by atoms with Gasteiger partial charge in [-0.25, -0.2) is 0 Å². The molecule has 1 aliphatic heterocycles. The summed E-state index contributed by atoms with van der Waals surface area (Å²) in [5, 5.41) is 0. The first-order valence-electron chi connectivity index (χ1n) is 4.86. The molecule has 88 valence electrons. The zero-order chi connectivity index (χ0) is 10.5. The maximum Gasteiger partial charge on any atom is 0.0351 e. The average Bonchev–Trinajstić information content (AvgIpc) is 2.32. The molecule has 0 aromatic rings. The van der Waals surface area contributed by atoms with E-state index in [1.54, 1.807) is 14.2 Å². The van der Waals surface area contributed by atoms with Crippen molar-refractivity contribution in [1.82, 2.24) is 4.90 Å². The van der Waals surface area contributed by atoms with Crippen LogP contribution in [0.5, 0.6) is 0 Å². The lowest BCUT2D eigenvalue weighted by molar-refractivity contribution is 0.260. The molecule has 1 fully saturated rings. The number of nitrogens with two attached hydrogens (primary N) is 1. The molecule has 14 heavy (non-hydrogen) atoms. The Labute approximate surface area is 89.6 Å². The summed E-state index contributed by atoms with van der Waals surface area (Å²) in [7, 11) is 3.25. The molecule has 1 rings (SSSR count). The molecule has 0 bridgehead atoms. The second-order valence-corrected chi connectivity index (χ2v) is 4.38. The monoisotopic (exact) mass is 204 g/mol. The molecule has 0 aliphatic carbocycles. The van der Waals surface area contributed by atoms with Crippen LogP contribution in [0, 0.1) is 0 Å². The number of ether oxygens (including phenoxy) is 1. The lowest BCUT2D eigenvalue weighted by Crippen LogP contribution is -2.40. The molecule has 3 nitrogen and oxygen atoms in total. The topological polar surface area (TPSA) is 38.5 Å². The fourth-order valence-electron chi connectivity index (χ4n) is 1.46. The van der Waals surface area contributed by atoms with Crippen LogP contribution in [0.1, 0.15) is 34.6 Å². The summed E-state index contributed by atoms with van der Waals surface area (Å²) in [5.41, 5.74) is 6.04. The number of likely N-dealkylation sites (tertiary alicyclic amines) is 1. The van der Waals surface area contributed by atoms with Crippen LogP contribution in [-0.2, 0) is 4.74 Å². The number of methoxy groups -OCH3 is 1. The average molecular weight is 204 g/mol. The highest BCUT2D eigenvalue weighted by Crippen LogP contribution is 2.19. The summed E-state index contributed by atoms with van der Waals surface area (Å²) >= 11 is 0. The fourth-order valence-corrected chi connectivity index (χ4v) is 1.46. The van der Waals surface area contributed by atoms with Crippen LogP contribution in [-0.4, -0.2) is 43.8 Å². The van der Waals surface area contributed by atoms with E-state index in [0.29, 0.717) is 6.04 Å². The van der Waals surface area contributed by atoms with Gasteiger partial charge in [-0.05, 0) is 27.2 Å². The van der Waals surface area contributed by atoms with E-state index in [9.17, 15) is 0 Å². The minimum atomic E-state index is 0. The molecule has 0 amide bonds. The molecule has 3 heteroatoms. The van der Waals surface area contributed by atoms with E-state index in [1.807, 2.05) is 0 Å². The van der Waals surface area contributed by atoms with Crippen molar-refractivity contribution in [3.63, 3.8) is 0 Å². The molecular formula is C11H28N2O. The second-order valence-electron chi connectivity index (χ2n) is 4.38. The lowest BCUT2D eigenvalue weighted by Gasteiger charge is -2.22. The Bertz CT molecular complexity index is 135. The quantitative estimate of drug-likeness (QED) is 0.707. The molecule has 1 aliphatic rings. The van der Waals surface area contributed by atoms with E-state index in [2.05, 4.69) is 30.4 Å². The Balaban J connectivity index is 0. The van der Waals surface area contributed by atoms with Crippen LogP contribution in [0.2, 0.25) is 0 Å². The summed E-state index contributed by atoms with van der Waals surface area (Å²) in [4.78, 5) is 2.43. The summed E-state index contributed by atoms with van der Waals surface area (Å²) in [6.45, 7) is 8.81. The van der Waals surface area contributed by atoms with Crippen molar-refractivity contribution >= 4 is 0 Å². The minimum Gasteiger partial charge on any atom is -0.388 e. The maximum atomic E-state index is 5.96. The van der Waals surface area contributed by atoms with Gasteiger partial charge in [0, 0.05) is 38.9 Å². The molecule has 0 saturated carbocycles. The van der Waals surface area contributed by atoms with Crippen molar-refractivity contribution in [2.45, 2.75) is 46.2 Å². The Morgan fingerprint density at radius 2 is 1.79 bits per heavy atom. The van der Waals surface area contributed by atoms with Gasteiger partial charge in [-0.1, -0.05) is 7.43 Å². The molecule has 1 saturated heterocycles. The van der Waals surface area contributed by atoms with Gasteiger partial charge in [0.15, 0.2) is 0 Å².